The number of carbonyl (C=O) groups excluding carboxylic acids is 1. The van der Waals surface area contributed by atoms with Crippen LogP contribution in [-0.2, 0) is 10.2 Å². The van der Waals surface area contributed by atoms with Crippen LogP contribution in [0.2, 0.25) is 0 Å². The Labute approximate surface area is 169 Å². The lowest BCUT2D eigenvalue weighted by atomic mass is 9.49. The van der Waals surface area contributed by atoms with E-state index in [9.17, 15) is 20.6 Å². The highest BCUT2D eigenvalue weighted by Crippen LogP contribution is 2.59. The number of nitrogens with zero attached hydrogens (tertiary/aromatic N) is 3. The van der Waals surface area contributed by atoms with Crippen molar-refractivity contribution in [3.05, 3.63) is 41.0 Å². The molecule has 2 heterocycles. The molecular weight excluding hydrogens is 364 g/mol. The summed E-state index contributed by atoms with van der Waals surface area (Å²) in [6.45, 7) is 5.42. The molecule has 0 fully saturated rings. The molecular formula is C22H21N6O+. The van der Waals surface area contributed by atoms with Crippen LogP contribution in [-0.4, -0.2) is 30.8 Å². The molecule has 0 radical (unpaired) electrons. The summed E-state index contributed by atoms with van der Waals surface area (Å²) in [5, 5.41) is 41.9. The molecule has 0 saturated carbocycles. The number of nitrogens with one attached hydrogen (secondary N) is 3. The Morgan fingerprint density at radius 1 is 1.24 bits per heavy atom. The van der Waals surface area contributed by atoms with Crippen LogP contribution >= 0.6 is 0 Å². The van der Waals surface area contributed by atoms with Gasteiger partial charge in [0.05, 0.1) is 36.5 Å². The summed E-state index contributed by atoms with van der Waals surface area (Å²) in [5.41, 5.74) is -1.46. The molecule has 1 spiro atoms. The molecule has 3 N–H and O–H groups in total. The van der Waals surface area contributed by atoms with Crippen LogP contribution in [0.4, 0.5) is 5.69 Å². The highest BCUT2D eigenvalue weighted by atomic mass is 16.2. The quantitative estimate of drug-likeness (QED) is 0.625. The molecule has 7 nitrogen and oxygen atoms in total. The zero-order chi connectivity index (χ0) is 21.0. The van der Waals surface area contributed by atoms with Crippen molar-refractivity contribution in [3.63, 3.8) is 0 Å². The smallest absolute Gasteiger partial charge is 0.242 e. The van der Waals surface area contributed by atoms with E-state index in [1.165, 1.54) is 4.90 Å². The van der Waals surface area contributed by atoms with Gasteiger partial charge in [0, 0.05) is 17.7 Å². The van der Waals surface area contributed by atoms with E-state index in [0.29, 0.717) is 29.8 Å². The monoisotopic (exact) mass is 385 g/mol. The molecule has 144 valence electrons. The van der Waals surface area contributed by atoms with Crippen LogP contribution in [0.5, 0.6) is 0 Å². The Morgan fingerprint density at radius 2 is 1.93 bits per heavy atom. The first kappa shape index (κ1) is 18.9. The van der Waals surface area contributed by atoms with E-state index < -0.39 is 22.7 Å². The van der Waals surface area contributed by atoms with Gasteiger partial charge in [-0.05, 0) is 31.1 Å². The molecule has 7 heteroatoms. The van der Waals surface area contributed by atoms with E-state index in [1.54, 1.807) is 24.3 Å². The van der Waals surface area contributed by atoms with Crippen LogP contribution < -0.4 is 10.2 Å². The van der Waals surface area contributed by atoms with Gasteiger partial charge < -0.3 is 15.6 Å². The molecule has 0 bridgehead atoms. The second-order valence-corrected chi connectivity index (χ2v) is 8.19. The van der Waals surface area contributed by atoms with Crippen molar-refractivity contribution in [1.29, 1.82) is 21.2 Å². The summed E-state index contributed by atoms with van der Waals surface area (Å²) in [6.07, 6.45) is 0.563. The average Bonchev–Trinajstić information content (AvgIpc) is 3.02. The zero-order valence-electron chi connectivity index (χ0n) is 16.3. The molecule has 1 aromatic carbocycles. The van der Waals surface area contributed by atoms with Gasteiger partial charge in [-0.2, -0.15) is 15.8 Å². The van der Waals surface area contributed by atoms with Crippen molar-refractivity contribution in [2.75, 3.05) is 18.4 Å². The van der Waals surface area contributed by atoms with Gasteiger partial charge in [0.15, 0.2) is 0 Å². The summed E-state index contributed by atoms with van der Waals surface area (Å²) in [6, 6.07) is 13.5. The summed E-state index contributed by atoms with van der Waals surface area (Å²) >= 11 is 0. The van der Waals surface area contributed by atoms with Crippen molar-refractivity contribution < 1.29 is 9.69 Å². The number of hydrogen-bond donors (Lipinski definition) is 3. The molecule has 2 unspecified atom stereocenters. The number of benzene rings is 1. The Bertz CT molecular complexity index is 1080. The van der Waals surface area contributed by atoms with Gasteiger partial charge in [-0.25, -0.2) is 0 Å². The number of carbonyl (C=O) groups is 1. The normalized spacial score (nSPS) is 29.5. The van der Waals surface area contributed by atoms with Gasteiger partial charge in [0.25, 0.3) is 0 Å². The van der Waals surface area contributed by atoms with E-state index in [0.717, 1.165) is 12.1 Å². The van der Waals surface area contributed by atoms with Crippen LogP contribution in [0.3, 0.4) is 0 Å². The summed E-state index contributed by atoms with van der Waals surface area (Å²) < 4.78 is 0. The molecule has 0 aromatic heterocycles. The minimum absolute atomic E-state index is 0.279. The van der Waals surface area contributed by atoms with E-state index in [4.69, 9.17) is 5.41 Å². The van der Waals surface area contributed by atoms with Gasteiger partial charge in [-0.3, -0.25) is 4.79 Å². The Hall–Kier alpha value is -3.47. The van der Waals surface area contributed by atoms with Gasteiger partial charge in [0.1, 0.15) is 17.9 Å². The number of para-hydroxylation sites is 1. The second-order valence-electron chi connectivity index (χ2n) is 8.19. The SMILES string of the molecule is CC(C)[NH+]1CCC2=C(C1)[C@]1(C(=O)Nc3ccccc31)C(C#N)(C#N)C(=N)C2C#N. The third-order valence-corrected chi connectivity index (χ3v) is 6.76. The summed E-state index contributed by atoms with van der Waals surface area (Å²) in [4.78, 5) is 14.8. The van der Waals surface area contributed by atoms with Gasteiger partial charge in [-0.15, -0.1) is 0 Å². The third kappa shape index (κ3) is 2.07. The highest BCUT2D eigenvalue weighted by Gasteiger charge is 2.71. The van der Waals surface area contributed by atoms with Crippen molar-refractivity contribution in [1.82, 2.24) is 0 Å². The Morgan fingerprint density at radius 3 is 2.55 bits per heavy atom. The summed E-state index contributed by atoms with van der Waals surface area (Å²) in [5.74, 6) is -1.41. The lowest BCUT2D eigenvalue weighted by Gasteiger charge is -2.48. The summed E-state index contributed by atoms with van der Waals surface area (Å²) in [7, 11) is 0. The zero-order valence-corrected chi connectivity index (χ0v) is 16.3. The minimum atomic E-state index is -2.07. The van der Waals surface area contributed by atoms with Crippen molar-refractivity contribution in [2.45, 2.75) is 31.7 Å². The number of anilines is 1. The van der Waals surface area contributed by atoms with Crippen LogP contribution in [0.25, 0.3) is 0 Å². The van der Waals surface area contributed by atoms with Gasteiger partial charge in [-0.1, -0.05) is 18.2 Å². The van der Waals surface area contributed by atoms with Gasteiger partial charge in [0.2, 0.25) is 11.3 Å². The Kier molecular flexibility index (Phi) is 4.08. The molecule has 1 amide bonds. The van der Waals surface area contributed by atoms with Crippen LogP contribution in [0, 0.1) is 50.7 Å². The average molecular weight is 385 g/mol. The molecule has 29 heavy (non-hydrogen) atoms. The standard InChI is InChI=1S/C22H20N6O/c1-13(2)28-8-7-14-15(9-23)19(26)21(11-24,12-25)22(17(14)10-28)16-5-3-4-6-18(16)27-20(22)29/h3-6,13,15,26H,7-8,10H2,1-2H3,(H,27,29)/p+1/t15?,22-/m1/s1. The van der Waals surface area contributed by atoms with E-state index in [1.807, 2.05) is 12.1 Å². The van der Waals surface area contributed by atoms with Gasteiger partial charge >= 0.3 is 0 Å². The first-order valence-corrected chi connectivity index (χ1v) is 9.68. The highest BCUT2D eigenvalue weighted by molar-refractivity contribution is 6.17. The number of rotatable bonds is 1. The maximum atomic E-state index is 13.6. The fraction of sp³-hybridized carbons (Fsp3) is 0.409. The van der Waals surface area contributed by atoms with E-state index in [-0.39, 0.29) is 11.8 Å². The maximum Gasteiger partial charge on any atom is 0.242 e. The number of nitriles is 3. The molecule has 0 saturated heterocycles. The fourth-order valence-corrected chi connectivity index (χ4v) is 5.26. The molecule has 1 aliphatic carbocycles. The van der Waals surface area contributed by atoms with Crippen molar-refractivity contribution in [2.24, 2.45) is 11.3 Å². The molecule has 2 aliphatic heterocycles. The first-order valence-electron chi connectivity index (χ1n) is 9.68. The van der Waals surface area contributed by atoms with Crippen LogP contribution in [0.15, 0.2) is 35.4 Å². The number of hydrogen-bond acceptors (Lipinski definition) is 5. The molecule has 4 rings (SSSR count). The van der Waals surface area contributed by atoms with Crippen molar-refractivity contribution in [3.8, 4) is 18.2 Å². The third-order valence-electron chi connectivity index (χ3n) is 6.76. The topological polar surface area (TPSA) is 129 Å². The Balaban J connectivity index is 2.14. The predicted molar refractivity (Wildman–Crippen MR) is 105 cm³/mol. The minimum Gasteiger partial charge on any atom is -0.329 e. The molecule has 3 aliphatic rings. The van der Waals surface area contributed by atoms with E-state index in [2.05, 4.69) is 25.2 Å². The largest absolute Gasteiger partial charge is 0.329 e. The number of quaternary nitrogens is 1. The first-order chi connectivity index (χ1) is 13.9. The molecule has 1 aromatic rings. The number of fused-ring (bicyclic) bond motifs is 3. The predicted octanol–water partition coefficient (Wildman–Crippen LogP) is 1.08. The number of amides is 1. The van der Waals surface area contributed by atoms with Crippen LogP contribution in [0.1, 0.15) is 25.8 Å². The second kappa shape index (κ2) is 6.27. The van der Waals surface area contributed by atoms with Crippen molar-refractivity contribution >= 4 is 17.3 Å². The lowest BCUT2D eigenvalue weighted by molar-refractivity contribution is -0.918. The lowest BCUT2D eigenvalue weighted by Crippen LogP contribution is -3.16. The molecule has 3 atom stereocenters. The van der Waals surface area contributed by atoms with E-state index >= 15 is 0 Å². The maximum absolute atomic E-state index is 13.6. The fourth-order valence-electron chi connectivity index (χ4n) is 5.26.